The van der Waals surface area contributed by atoms with Gasteiger partial charge >= 0.3 is 0 Å². The number of aryl methyl sites for hydroxylation is 1. The first-order valence-electron chi connectivity index (χ1n) is 7.44. The van der Waals surface area contributed by atoms with Crippen LogP contribution in [0.3, 0.4) is 0 Å². The first kappa shape index (κ1) is 17.8. The van der Waals surface area contributed by atoms with Crippen molar-refractivity contribution in [2.45, 2.75) is 6.92 Å². The molecule has 24 heavy (non-hydrogen) atoms. The molecule has 0 aliphatic carbocycles. The lowest BCUT2D eigenvalue weighted by molar-refractivity contribution is -0.123. The smallest absolute Gasteiger partial charge is 0.277 e. The molecular formula is C18H20ClN3O2. The summed E-state index contributed by atoms with van der Waals surface area (Å²) in [6.45, 7) is 1.76. The maximum Gasteiger partial charge on any atom is 0.277 e. The topological polar surface area (TPSA) is 53.9 Å². The lowest BCUT2D eigenvalue weighted by Crippen LogP contribution is -2.24. The van der Waals surface area contributed by atoms with Crippen molar-refractivity contribution in [2.24, 2.45) is 5.10 Å². The number of hydrogen-bond acceptors (Lipinski definition) is 4. The number of amides is 1. The molecule has 6 heteroatoms. The van der Waals surface area contributed by atoms with E-state index in [0.29, 0.717) is 10.8 Å². The molecule has 0 spiro atoms. The van der Waals surface area contributed by atoms with Gasteiger partial charge in [-0.25, -0.2) is 5.43 Å². The molecule has 0 bridgehead atoms. The van der Waals surface area contributed by atoms with Crippen molar-refractivity contribution in [1.82, 2.24) is 5.43 Å². The van der Waals surface area contributed by atoms with E-state index >= 15 is 0 Å². The molecule has 0 saturated carbocycles. The zero-order valence-electron chi connectivity index (χ0n) is 13.9. The second kappa shape index (κ2) is 8.36. The van der Waals surface area contributed by atoms with Crippen LogP contribution < -0.4 is 15.1 Å². The fourth-order valence-corrected chi connectivity index (χ4v) is 2.21. The Bertz CT molecular complexity index is 728. The quantitative estimate of drug-likeness (QED) is 0.646. The Morgan fingerprint density at radius 3 is 2.58 bits per heavy atom. The summed E-state index contributed by atoms with van der Waals surface area (Å²) in [6, 6.07) is 13.1. The summed E-state index contributed by atoms with van der Waals surface area (Å²) in [4.78, 5) is 13.8. The minimum absolute atomic E-state index is 0.112. The highest BCUT2D eigenvalue weighted by Crippen LogP contribution is 2.21. The molecule has 0 aliphatic rings. The lowest BCUT2D eigenvalue weighted by atomic mass is 10.2. The number of halogens is 1. The van der Waals surface area contributed by atoms with E-state index in [-0.39, 0.29) is 12.5 Å². The van der Waals surface area contributed by atoms with Crippen LogP contribution in [0.1, 0.15) is 11.1 Å². The van der Waals surface area contributed by atoms with Gasteiger partial charge in [-0.1, -0.05) is 23.7 Å². The largest absolute Gasteiger partial charge is 0.483 e. The molecule has 0 saturated heterocycles. The summed E-state index contributed by atoms with van der Waals surface area (Å²) in [5, 5.41) is 4.56. The van der Waals surface area contributed by atoms with Gasteiger partial charge in [-0.05, 0) is 48.4 Å². The van der Waals surface area contributed by atoms with Crippen LogP contribution in [-0.2, 0) is 4.79 Å². The lowest BCUT2D eigenvalue weighted by Gasteiger charge is -2.11. The first-order chi connectivity index (χ1) is 11.5. The Hall–Kier alpha value is -2.53. The molecule has 1 amide bonds. The molecule has 126 valence electrons. The van der Waals surface area contributed by atoms with E-state index in [4.69, 9.17) is 16.3 Å². The molecule has 0 aromatic heterocycles. The predicted molar refractivity (Wildman–Crippen MR) is 98.2 cm³/mol. The van der Waals surface area contributed by atoms with Gasteiger partial charge in [0.05, 0.1) is 6.21 Å². The normalized spacial score (nSPS) is 10.7. The number of carbonyl (C=O) groups is 1. The molecule has 1 N–H and O–H groups in total. The molecule has 0 atom stereocenters. The monoisotopic (exact) mass is 345 g/mol. The number of anilines is 1. The summed E-state index contributed by atoms with van der Waals surface area (Å²) in [5.41, 5.74) is 5.31. The van der Waals surface area contributed by atoms with Crippen molar-refractivity contribution in [2.75, 3.05) is 25.6 Å². The SMILES string of the molecule is Cc1cc(Cl)ccc1OCC(=O)N/N=C/c1ccc(N(C)C)cc1. The standard InChI is InChI=1S/C18H20ClN3O2/c1-13-10-15(19)6-9-17(13)24-12-18(23)21-20-11-14-4-7-16(8-5-14)22(2)3/h4-11H,12H2,1-3H3,(H,21,23)/b20-11+. The summed E-state index contributed by atoms with van der Waals surface area (Å²) in [5.74, 6) is 0.295. The molecule has 0 fully saturated rings. The van der Waals surface area contributed by atoms with E-state index in [1.54, 1.807) is 24.4 Å². The second-order valence-electron chi connectivity index (χ2n) is 5.48. The zero-order chi connectivity index (χ0) is 17.5. The third-order valence-corrected chi connectivity index (χ3v) is 3.54. The van der Waals surface area contributed by atoms with Crippen molar-refractivity contribution in [3.63, 3.8) is 0 Å². The molecule has 2 aromatic rings. The Morgan fingerprint density at radius 1 is 1.25 bits per heavy atom. The van der Waals surface area contributed by atoms with Crippen molar-refractivity contribution < 1.29 is 9.53 Å². The van der Waals surface area contributed by atoms with Gasteiger partial charge in [0.15, 0.2) is 6.61 Å². The number of nitrogens with zero attached hydrogens (tertiary/aromatic N) is 2. The van der Waals surface area contributed by atoms with Crippen LogP contribution in [0.15, 0.2) is 47.6 Å². The highest BCUT2D eigenvalue weighted by Gasteiger charge is 2.04. The zero-order valence-corrected chi connectivity index (χ0v) is 14.7. The van der Waals surface area contributed by atoms with Crippen molar-refractivity contribution in [1.29, 1.82) is 0 Å². The fraction of sp³-hybridized carbons (Fsp3) is 0.222. The number of hydrogen-bond donors (Lipinski definition) is 1. The van der Waals surface area contributed by atoms with Crippen LogP contribution in [0.2, 0.25) is 5.02 Å². The predicted octanol–water partition coefficient (Wildman–Crippen LogP) is 3.24. The summed E-state index contributed by atoms with van der Waals surface area (Å²) < 4.78 is 5.45. The van der Waals surface area contributed by atoms with Gasteiger partial charge < -0.3 is 9.64 Å². The van der Waals surface area contributed by atoms with Gasteiger partial charge in [0.2, 0.25) is 0 Å². The summed E-state index contributed by atoms with van der Waals surface area (Å²) >= 11 is 5.88. The van der Waals surface area contributed by atoms with Gasteiger partial charge in [0, 0.05) is 24.8 Å². The Kier molecular flexibility index (Phi) is 6.21. The number of rotatable bonds is 6. The van der Waals surface area contributed by atoms with E-state index in [2.05, 4.69) is 10.5 Å². The minimum Gasteiger partial charge on any atom is -0.483 e. The van der Waals surface area contributed by atoms with E-state index in [0.717, 1.165) is 16.8 Å². The van der Waals surface area contributed by atoms with Gasteiger partial charge in [-0.2, -0.15) is 5.10 Å². The van der Waals surface area contributed by atoms with Gasteiger partial charge in [-0.3, -0.25) is 4.79 Å². The molecule has 0 heterocycles. The average molecular weight is 346 g/mol. The highest BCUT2D eigenvalue weighted by atomic mass is 35.5. The van der Waals surface area contributed by atoms with E-state index in [1.807, 2.05) is 50.2 Å². The van der Waals surface area contributed by atoms with Crippen LogP contribution in [0, 0.1) is 6.92 Å². The van der Waals surface area contributed by atoms with E-state index < -0.39 is 0 Å². The summed E-state index contributed by atoms with van der Waals surface area (Å²) in [7, 11) is 3.96. The number of hydrazone groups is 1. The maximum absolute atomic E-state index is 11.7. The molecule has 5 nitrogen and oxygen atoms in total. The molecule has 0 radical (unpaired) electrons. The molecule has 2 rings (SSSR count). The van der Waals surface area contributed by atoms with Crippen LogP contribution in [0.25, 0.3) is 0 Å². The fourth-order valence-electron chi connectivity index (χ4n) is 1.99. The third-order valence-electron chi connectivity index (χ3n) is 3.31. The van der Waals surface area contributed by atoms with Crippen LogP contribution in [0.5, 0.6) is 5.75 Å². The molecular weight excluding hydrogens is 326 g/mol. The molecule has 0 unspecified atom stereocenters. The number of carbonyl (C=O) groups excluding carboxylic acids is 1. The highest BCUT2D eigenvalue weighted by molar-refractivity contribution is 6.30. The van der Waals surface area contributed by atoms with Crippen molar-refractivity contribution >= 4 is 29.4 Å². The van der Waals surface area contributed by atoms with E-state index in [9.17, 15) is 4.79 Å². The average Bonchev–Trinajstić information content (AvgIpc) is 2.54. The van der Waals surface area contributed by atoms with Gasteiger partial charge in [-0.15, -0.1) is 0 Å². The van der Waals surface area contributed by atoms with Crippen LogP contribution in [0.4, 0.5) is 5.69 Å². The Morgan fingerprint density at radius 2 is 1.96 bits per heavy atom. The minimum atomic E-state index is -0.328. The summed E-state index contributed by atoms with van der Waals surface area (Å²) in [6.07, 6.45) is 1.59. The van der Waals surface area contributed by atoms with Gasteiger partial charge in [0.25, 0.3) is 5.91 Å². The van der Waals surface area contributed by atoms with Gasteiger partial charge in [0.1, 0.15) is 5.75 Å². The van der Waals surface area contributed by atoms with Crippen LogP contribution >= 0.6 is 11.6 Å². The number of nitrogens with one attached hydrogen (secondary N) is 1. The Labute approximate surface area is 146 Å². The third kappa shape index (κ3) is 5.28. The maximum atomic E-state index is 11.7. The molecule has 0 aliphatic heterocycles. The van der Waals surface area contributed by atoms with Crippen LogP contribution in [-0.4, -0.2) is 32.8 Å². The number of ether oxygens (including phenoxy) is 1. The van der Waals surface area contributed by atoms with Crippen molar-refractivity contribution in [3.8, 4) is 5.75 Å². The van der Waals surface area contributed by atoms with E-state index in [1.165, 1.54) is 0 Å². The Balaban J connectivity index is 1.82. The van der Waals surface area contributed by atoms with Crippen molar-refractivity contribution in [3.05, 3.63) is 58.6 Å². The number of benzene rings is 2. The first-order valence-corrected chi connectivity index (χ1v) is 7.82. The molecule has 2 aromatic carbocycles. The second-order valence-corrected chi connectivity index (χ2v) is 5.91.